The zero-order valence-electron chi connectivity index (χ0n) is 12.1. The number of amides is 1. The van der Waals surface area contributed by atoms with Gasteiger partial charge in [0.25, 0.3) is 11.5 Å². The van der Waals surface area contributed by atoms with Crippen LogP contribution in [0, 0.1) is 0 Å². The first kappa shape index (κ1) is 14.6. The lowest BCUT2D eigenvalue weighted by atomic mass is 10.1. The Hall–Kier alpha value is -3.28. The highest BCUT2D eigenvalue weighted by molar-refractivity contribution is 6.01. The normalized spacial score (nSPS) is 10.6. The smallest absolute Gasteiger partial charge is 0.300 e. The Labute approximate surface area is 131 Å². The average Bonchev–Trinajstić information content (AvgIpc) is 2.55. The lowest BCUT2D eigenvalue weighted by molar-refractivity contribution is 0.0926. The van der Waals surface area contributed by atoms with Crippen molar-refractivity contribution in [2.24, 2.45) is 5.73 Å². The highest BCUT2D eigenvalue weighted by Gasteiger charge is 2.20. The van der Waals surface area contributed by atoms with Crippen LogP contribution >= 0.6 is 0 Å². The third-order valence-corrected chi connectivity index (χ3v) is 3.46. The van der Waals surface area contributed by atoms with E-state index in [1.165, 1.54) is 0 Å². The first-order chi connectivity index (χ1) is 11.1. The number of benzene rings is 2. The fourth-order valence-electron chi connectivity index (χ4n) is 2.36. The first-order valence-electron chi connectivity index (χ1n) is 6.93. The molecule has 116 valence electrons. The number of aromatic hydroxyl groups is 1. The number of fused-ring (bicyclic) bond motifs is 1. The van der Waals surface area contributed by atoms with Gasteiger partial charge in [-0.1, -0.05) is 42.5 Å². The van der Waals surface area contributed by atoms with Crippen LogP contribution < -0.4 is 16.1 Å². The van der Waals surface area contributed by atoms with Crippen LogP contribution in [0.2, 0.25) is 0 Å². The lowest BCUT2D eigenvalue weighted by Gasteiger charge is -2.14. The minimum Gasteiger partial charge on any atom is -0.506 e. The second-order valence-corrected chi connectivity index (χ2v) is 4.96. The van der Waals surface area contributed by atoms with Crippen molar-refractivity contribution in [2.45, 2.75) is 6.61 Å². The van der Waals surface area contributed by atoms with Gasteiger partial charge in [-0.15, -0.1) is 4.73 Å². The monoisotopic (exact) mass is 310 g/mol. The van der Waals surface area contributed by atoms with Crippen LogP contribution in [0.5, 0.6) is 5.75 Å². The van der Waals surface area contributed by atoms with E-state index in [1.54, 1.807) is 24.3 Å². The molecule has 2 aromatic carbocycles. The fraction of sp³-hybridized carbons (Fsp3) is 0.0588. The molecule has 0 unspecified atom stereocenters. The number of hydrogen-bond donors (Lipinski definition) is 2. The van der Waals surface area contributed by atoms with Gasteiger partial charge < -0.3 is 15.7 Å². The van der Waals surface area contributed by atoms with E-state index in [0.717, 1.165) is 10.3 Å². The number of nitrogens with two attached hydrogens (primary N) is 1. The van der Waals surface area contributed by atoms with E-state index in [0.29, 0.717) is 10.9 Å². The van der Waals surface area contributed by atoms with Crippen LogP contribution in [-0.4, -0.2) is 15.7 Å². The molecule has 0 saturated heterocycles. The van der Waals surface area contributed by atoms with Crippen LogP contribution in [0.1, 0.15) is 15.9 Å². The summed E-state index contributed by atoms with van der Waals surface area (Å²) in [6.45, 7) is 0.133. The van der Waals surface area contributed by atoms with Crippen LogP contribution in [-0.2, 0) is 6.61 Å². The SMILES string of the molecule is NC(=O)c1c(O)c2ccccc2n(OCc2ccccc2)c1=O. The molecule has 6 heteroatoms. The Balaban J connectivity index is 2.15. The van der Waals surface area contributed by atoms with Gasteiger partial charge >= 0.3 is 0 Å². The number of primary amides is 1. The second kappa shape index (κ2) is 5.84. The van der Waals surface area contributed by atoms with Gasteiger partial charge in [-0.05, 0) is 17.7 Å². The second-order valence-electron chi connectivity index (χ2n) is 4.96. The Bertz CT molecular complexity index is 932. The van der Waals surface area contributed by atoms with Crippen molar-refractivity contribution in [3.63, 3.8) is 0 Å². The van der Waals surface area contributed by atoms with Crippen molar-refractivity contribution in [1.29, 1.82) is 0 Å². The summed E-state index contributed by atoms with van der Waals surface area (Å²) < 4.78 is 0.988. The summed E-state index contributed by atoms with van der Waals surface area (Å²) in [5.41, 5.74) is 5.15. The number of rotatable bonds is 4. The van der Waals surface area contributed by atoms with E-state index in [-0.39, 0.29) is 6.61 Å². The van der Waals surface area contributed by atoms with Crippen LogP contribution in [0.15, 0.2) is 59.4 Å². The van der Waals surface area contributed by atoms with Gasteiger partial charge in [0.2, 0.25) is 0 Å². The molecule has 1 aromatic heterocycles. The number of hydrogen-bond acceptors (Lipinski definition) is 4. The highest BCUT2D eigenvalue weighted by Crippen LogP contribution is 2.25. The Kier molecular flexibility index (Phi) is 3.72. The average molecular weight is 310 g/mol. The predicted molar refractivity (Wildman–Crippen MR) is 85.1 cm³/mol. The number of para-hydroxylation sites is 1. The molecule has 0 radical (unpaired) electrons. The molecule has 0 saturated carbocycles. The van der Waals surface area contributed by atoms with Crippen LogP contribution in [0.25, 0.3) is 10.9 Å². The summed E-state index contributed by atoms with van der Waals surface area (Å²) in [6.07, 6.45) is 0. The van der Waals surface area contributed by atoms with Crippen molar-refractivity contribution >= 4 is 16.8 Å². The minimum absolute atomic E-state index is 0.133. The summed E-state index contributed by atoms with van der Waals surface area (Å²) in [5.74, 6) is -1.44. The molecule has 0 aliphatic heterocycles. The molecule has 3 aromatic rings. The highest BCUT2D eigenvalue weighted by atomic mass is 16.7. The molecular formula is C17H14N2O4. The van der Waals surface area contributed by atoms with E-state index in [2.05, 4.69) is 0 Å². The van der Waals surface area contributed by atoms with Gasteiger partial charge in [0.05, 0.1) is 5.52 Å². The standard InChI is InChI=1S/C17H14N2O4/c18-16(21)14-15(20)12-8-4-5-9-13(12)19(17(14)22)23-10-11-6-2-1-3-7-11/h1-9,20H,10H2,(H2,18,21). The Morgan fingerprint density at radius 1 is 1.09 bits per heavy atom. The Morgan fingerprint density at radius 3 is 2.43 bits per heavy atom. The molecule has 23 heavy (non-hydrogen) atoms. The zero-order valence-corrected chi connectivity index (χ0v) is 12.1. The third-order valence-electron chi connectivity index (χ3n) is 3.46. The van der Waals surface area contributed by atoms with E-state index in [4.69, 9.17) is 10.6 Å². The maximum Gasteiger partial charge on any atom is 0.300 e. The first-order valence-corrected chi connectivity index (χ1v) is 6.93. The predicted octanol–water partition coefficient (Wildman–Crippen LogP) is 1.43. The molecule has 1 heterocycles. The van der Waals surface area contributed by atoms with Crippen molar-refractivity contribution in [2.75, 3.05) is 0 Å². The molecule has 0 bridgehead atoms. The summed E-state index contributed by atoms with van der Waals surface area (Å²) in [6, 6.07) is 15.9. The number of aromatic nitrogens is 1. The fourth-order valence-corrected chi connectivity index (χ4v) is 2.36. The number of pyridine rings is 1. The van der Waals surface area contributed by atoms with Gasteiger partial charge in [0.15, 0.2) is 0 Å². The third kappa shape index (κ3) is 2.62. The molecule has 0 atom stereocenters. The van der Waals surface area contributed by atoms with Gasteiger partial charge in [-0.25, -0.2) is 0 Å². The summed E-state index contributed by atoms with van der Waals surface area (Å²) in [4.78, 5) is 29.5. The van der Waals surface area contributed by atoms with Crippen molar-refractivity contribution in [3.8, 4) is 5.75 Å². The maximum atomic E-state index is 12.4. The molecule has 3 N–H and O–H groups in total. The number of carbonyl (C=O) groups excluding carboxylic acids is 1. The van der Waals surface area contributed by atoms with E-state index in [1.807, 2.05) is 30.3 Å². The van der Waals surface area contributed by atoms with E-state index in [9.17, 15) is 14.7 Å². The molecular weight excluding hydrogens is 296 g/mol. The zero-order chi connectivity index (χ0) is 16.4. The van der Waals surface area contributed by atoms with Crippen LogP contribution in [0.4, 0.5) is 0 Å². The number of nitrogens with zero attached hydrogens (tertiary/aromatic N) is 1. The quantitative estimate of drug-likeness (QED) is 0.762. The van der Waals surface area contributed by atoms with Crippen LogP contribution in [0.3, 0.4) is 0 Å². The van der Waals surface area contributed by atoms with Crippen molar-refractivity contribution in [1.82, 2.24) is 4.73 Å². The molecule has 0 aliphatic rings. The van der Waals surface area contributed by atoms with E-state index >= 15 is 0 Å². The number of carbonyl (C=O) groups is 1. The lowest BCUT2D eigenvalue weighted by Crippen LogP contribution is -2.33. The summed E-state index contributed by atoms with van der Waals surface area (Å²) in [5, 5.41) is 10.5. The maximum absolute atomic E-state index is 12.4. The van der Waals surface area contributed by atoms with Gasteiger partial charge in [0.1, 0.15) is 17.9 Å². The molecule has 0 spiro atoms. The Morgan fingerprint density at radius 2 is 1.74 bits per heavy atom. The molecule has 6 nitrogen and oxygen atoms in total. The van der Waals surface area contributed by atoms with Gasteiger partial charge in [0, 0.05) is 5.39 Å². The summed E-state index contributed by atoms with van der Waals surface area (Å²) in [7, 11) is 0. The van der Waals surface area contributed by atoms with Crippen molar-refractivity contribution < 1.29 is 14.7 Å². The van der Waals surface area contributed by atoms with Gasteiger partial charge in [-0.2, -0.15) is 0 Å². The molecule has 1 amide bonds. The molecule has 0 aliphatic carbocycles. The molecule has 0 fully saturated rings. The minimum atomic E-state index is -1.00. The largest absolute Gasteiger partial charge is 0.506 e. The topological polar surface area (TPSA) is 94.6 Å². The van der Waals surface area contributed by atoms with E-state index < -0.39 is 22.8 Å². The molecule has 3 rings (SSSR count). The summed E-state index contributed by atoms with van der Waals surface area (Å²) >= 11 is 0. The van der Waals surface area contributed by atoms with Gasteiger partial charge in [-0.3, -0.25) is 9.59 Å². The van der Waals surface area contributed by atoms with Crippen molar-refractivity contribution in [3.05, 3.63) is 76.1 Å².